The predicted octanol–water partition coefficient (Wildman–Crippen LogP) is 2.76. The molecule has 1 aromatic rings. The van der Waals surface area contributed by atoms with Crippen molar-refractivity contribution >= 4 is 0 Å². The molecule has 3 nitrogen and oxygen atoms in total. The fraction of sp³-hybridized carbons (Fsp3) is 0.643. The van der Waals surface area contributed by atoms with Crippen molar-refractivity contribution in [3.8, 4) is 6.07 Å². The van der Waals surface area contributed by atoms with Crippen molar-refractivity contribution in [2.75, 3.05) is 13.1 Å². The van der Waals surface area contributed by atoms with Crippen LogP contribution in [0.2, 0.25) is 0 Å². The summed E-state index contributed by atoms with van der Waals surface area (Å²) in [5.74, 6) is 1.95. The van der Waals surface area contributed by atoms with Gasteiger partial charge in [0, 0.05) is 18.5 Å². The Hall–Kier alpha value is -1.27. The van der Waals surface area contributed by atoms with Crippen LogP contribution in [0.15, 0.2) is 16.5 Å². The first-order valence-electron chi connectivity index (χ1n) is 6.16. The van der Waals surface area contributed by atoms with Crippen LogP contribution in [-0.2, 0) is 5.41 Å². The summed E-state index contributed by atoms with van der Waals surface area (Å²) in [5.41, 5.74) is -0.102. The first-order chi connectivity index (χ1) is 7.97. The van der Waals surface area contributed by atoms with E-state index in [1.54, 1.807) is 0 Å². The standard InChI is InChI=1S/C14H20N2O/c1-11-4-5-12(17-11)13(2,3)9-16-10-14(8-15)6-7-14/h4-5,16H,6-7,9-10H2,1-3H3. The van der Waals surface area contributed by atoms with Crippen molar-refractivity contribution in [1.29, 1.82) is 5.26 Å². The van der Waals surface area contributed by atoms with E-state index in [4.69, 9.17) is 9.68 Å². The quantitative estimate of drug-likeness (QED) is 0.849. The van der Waals surface area contributed by atoms with E-state index >= 15 is 0 Å². The van der Waals surface area contributed by atoms with Crippen LogP contribution in [0, 0.1) is 23.7 Å². The number of aryl methyl sites for hydroxylation is 1. The van der Waals surface area contributed by atoms with Crippen LogP contribution in [-0.4, -0.2) is 13.1 Å². The topological polar surface area (TPSA) is 49.0 Å². The van der Waals surface area contributed by atoms with E-state index in [0.717, 1.165) is 37.5 Å². The average Bonchev–Trinajstić information content (AvgIpc) is 2.92. The minimum Gasteiger partial charge on any atom is -0.466 e. The largest absolute Gasteiger partial charge is 0.466 e. The minimum atomic E-state index is -0.0742. The Kier molecular flexibility index (Phi) is 3.01. The highest BCUT2D eigenvalue weighted by Crippen LogP contribution is 2.44. The molecule has 1 aliphatic carbocycles. The second-order valence-electron chi connectivity index (χ2n) is 5.79. The Morgan fingerprint density at radius 2 is 2.18 bits per heavy atom. The summed E-state index contributed by atoms with van der Waals surface area (Å²) in [6.45, 7) is 7.91. The van der Waals surface area contributed by atoms with Crippen LogP contribution in [0.5, 0.6) is 0 Å². The normalized spacial score (nSPS) is 17.8. The van der Waals surface area contributed by atoms with Crippen LogP contribution in [0.25, 0.3) is 0 Å². The molecule has 3 heteroatoms. The summed E-state index contributed by atoms with van der Waals surface area (Å²) < 4.78 is 5.67. The first kappa shape index (κ1) is 12.2. The van der Waals surface area contributed by atoms with E-state index in [-0.39, 0.29) is 10.8 Å². The maximum absolute atomic E-state index is 9.00. The summed E-state index contributed by atoms with van der Waals surface area (Å²) >= 11 is 0. The summed E-state index contributed by atoms with van der Waals surface area (Å²) in [4.78, 5) is 0. The van der Waals surface area contributed by atoms with E-state index < -0.39 is 0 Å². The molecule has 0 aromatic carbocycles. The van der Waals surface area contributed by atoms with Gasteiger partial charge in [0.15, 0.2) is 0 Å². The van der Waals surface area contributed by atoms with E-state index in [1.165, 1.54) is 0 Å². The Morgan fingerprint density at radius 1 is 1.47 bits per heavy atom. The van der Waals surface area contributed by atoms with Crippen LogP contribution in [0.4, 0.5) is 0 Å². The van der Waals surface area contributed by atoms with Gasteiger partial charge in [0.2, 0.25) is 0 Å². The van der Waals surface area contributed by atoms with E-state index in [0.29, 0.717) is 0 Å². The highest BCUT2D eigenvalue weighted by atomic mass is 16.3. The number of hydrogen-bond acceptors (Lipinski definition) is 3. The van der Waals surface area contributed by atoms with Gasteiger partial charge in [0.25, 0.3) is 0 Å². The molecule has 1 saturated carbocycles. The molecule has 1 aromatic heterocycles. The second-order valence-corrected chi connectivity index (χ2v) is 5.79. The number of nitriles is 1. The molecule has 17 heavy (non-hydrogen) atoms. The third-order valence-corrected chi connectivity index (χ3v) is 3.53. The zero-order valence-corrected chi connectivity index (χ0v) is 10.8. The van der Waals surface area contributed by atoms with Crippen molar-refractivity contribution < 1.29 is 4.42 Å². The monoisotopic (exact) mass is 232 g/mol. The summed E-state index contributed by atoms with van der Waals surface area (Å²) in [7, 11) is 0. The number of furan rings is 1. The van der Waals surface area contributed by atoms with Gasteiger partial charge in [-0.2, -0.15) is 5.26 Å². The van der Waals surface area contributed by atoms with Gasteiger partial charge in [-0.1, -0.05) is 13.8 Å². The number of nitrogens with zero attached hydrogens (tertiary/aromatic N) is 1. The van der Waals surface area contributed by atoms with Crippen molar-refractivity contribution in [1.82, 2.24) is 5.32 Å². The molecular formula is C14H20N2O. The number of hydrogen-bond donors (Lipinski definition) is 1. The van der Waals surface area contributed by atoms with E-state index in [2.05, 4.69) is 25.2 Å². The zero-order chi connectivity index (χ0) is 12.5. The lowest BCUT2D eigenvalue weighted by Crippen LogP contribution is -2.35. The molecule has 0 saturated heterocycles. The molecule has 0 atom stereocenters. The third kappa shape index (κ3) is 2.70. The number of nitrogens with one attached hydrogen (secondary N) is 1. The van der Waals surface area contributed by atoms with Crippen LogP contribution < -0.4 is 5.32 Å². The third-order valence-electron chi connectivity index (χ3n) is 3.53. The number of rotatable bonds is 5. The van der Waals surface area contributed by atoms with Crippen molar-refractivity contribution in [2.24, 2.45) is 5.41 Å². The van der Waals surface area contributed by atoms with Gasteiger partial charge in [-0.05, 0) is 31.9 Å². The van der Waals surface area contributed by atoms with Gasteiger partial charge in [0.05, 0.1) is 11.5 Å². The smallest absolute Gasteiger partial charge is 0.111 e. The van der Waals surface area contributed by atoms with Gasteiger partial charge < -0.3 is 9.73 Å². The highest BCUT2D eigenvalue weighted by Gasteiger charge is 2.42. The fourth-order valence-electron chi connectivity index (χ4n) is 1.98. The van der Waals surface area contributed by atoms with Crippen LogP contribution >= 0.6 is 0 Å². The Morgan fingerprint density at radius 3 is 2.65 bits per heavy atom. The fourth-order valence-corrected chi connectivity index (χ4v) is 1.98. The molecule has 1 aliphatic rings. The molecule has 1 N–H and O–H groups in total. The van der Waals surface area contributed by atoms with Gasteiger partial charge in [-0.25, -0.2) is 0 Å². The Balaban J connectivity index is 1.88. The van der Waals surface area contributed by atoms with Gasteiger partial charge in [-0.15, -0.1) is 0 Å². The van der Waals surface area contributed by atoms with Crippen molar-refractivity contribution in [2.45, 2.75) is 39.0 Å². The van der Waals surface area contributed by atoms with Crippen LogP contribution in [0.3, 0.4) is 0 Å². The Labute approximate surface area is 103 Å². The predicted molar refractivity (Wildman–Crippen MR) is 66.6 cm³/mol. The summed E-state index contributed by atoms with van der Waals surface area (Å²) in [6.07, 6.45) is 2.08. The van der Waals surface area contributed by atoms with Crippen molar-refractivity contribution in [3.05, 3.63) is 23.7 Å². The van der Waals surface area contributed by atoms with Gasteiger partial charge >= 0.3 is 0 Å². The van der Waals surface area contributed by atoms with E-state index in [9.17, 15) is 0 Å². The van der Waals surface area contributed by atoms with Crippen molar-refractivity contribution in [3.63, 3.8) is 0 Å². The molecule has 1 heterocycles. The van der Waals surface area contributed by atoms with Crippen LogP contribution in [0.1, 0.15) is 38.2 Å². The lowest BCUT2D eigenvalue weighted by Gasteiger charge is -2.23. The maximum Gasteiger partial charge on any atom is 0.111 e. The highest BCUT2D eigenvalue weighted by molar-refractivity contribution is 5.16. The molecule has 0 radical (unpaired) electrons. The second kappa shape index (κ2) is 4.19. The SMILES string of the molecule is Cc1ccc(C(C)(C)CNCC2(C#N)CC2)o1. The maximum atomic E-state index is 9.00. The van der Waals surface area contributed by atoms with Gasteiger partial charge in [-0.3, -0.25) is 0 Å². The average molecular weight is 232 g/mol. The molecule has 0 amide bonds. The molecule has 0 unspecified atom stereocenters. The Bertz CT molecular complexity index is 435. The molecular weight excluding hydrogens is 212 g/mol. The molecule has 0 aliphatic heterocycles. The lowest BCUT2D eigenvalue weighted by molar-refractivity contribution is 0.351. The summed E-state index contributed by atoms with van der Waals surface area (Å²) in [6, 6.07) is 6.43. The molecule has 92 valence electrons. The van der Waals surface area contributed by atoms with E-state index in [1.807, 2.05) is 19.1 Å². The molecule has 0 bridgehead atoms. The summed E-state index contributed by atoms with van der Waals surface area (Å²) in [5, 5.41) is 12.4. The zero-order valence-electron chi connectivity index (χ0n) is 10.8. The van der Waals surface area contributed by atoms with Gasteiger partial charge in [0.1, 0.15) is 11.5 Å². The minimum absolute atomic E-state index is 0.0280. The molecule has 0 spiro atoms. The lowest BCUT2D eigenvalue weighted by atomic mass is 9.90. The first-order valence-corrected chi connectivity index (χ1v) is 6.16. The molecule has 1 fully saturated rings. The molecule has 2 rings (SSSR count).